The van der Waals surface area contributed by atoms with Crippen molar-refractivity contribution in [2.75, 3.05) is 4.72 Å². The fraction of sp³-hybridized carbons (Fsp3) is 0.333. The van der Waals surface area contributed by atoms with E-state index in [1.165, 1.54) is 19.1 Å². The van der Waals surface area contributed by atoms with E-state index >= 15 is 0 Å². The molecule has 0 saturated heterocycles. The molecule has 0 aromatic heterocycles. The lowest BCUT2D eigenvalue weighted by Gasteiger charge is -2.14. The second-order valence-corrected chi connectivity index (χ2v) is 8.94. The number of benzene rings is 2. The van der Waals surface area contributed by atoms with E-state index in [4.69, 9.17) is 4.74 Å². The van der Waals surface area contributed by atoms with Crippen LogP contribution in [0.4, 0.5) is 5.69 Å². The van der Waals surface area contributed by atoms with Crippen LogP contribution in [0.3, 0.4) is 0 Å². The Morgan fingerprint density at radius 3 is 2.52 bits per heavy atom. The molecule has 0 bridgehead atoms. The first-order valence-corrected chi connectivity index (χ1v) is 10.9. The topological polar surface area (TPSA) is 102 Å². The minimum Gasteiger partial charge on any atom is -0.449 e. The maximum absolute atomic E-state index is 12.8. The lowest BCUT2D eigenvalue weighted by atomic mass is 10.2. The third kappa shape index (κ3) is 5.35. The van der Waals surface area contributed by atoms with Gasteiger partial charge in [-0.25, -0.2) is 13.2 Å². The number of rotatable bonds is 7. The zero-order valence-corrected chi connectivity index (χ0v) is 17.4. The second-order valence-electron chi connectivity index (χ2n) is 7.29. The van der Waals surface area contributed by atoms with Gasteiger partial charge in [0.2, 0.25) is 0 Å². The molecule has 1 fully saturated rings. The van der Waals surface area contributed by atoms with Crippen LogP contribution in [-0.2, 0) is 19.6 Å². The predicted octanol–water partition coefficient (Wildman–Crippen LogP) is 2.93. The molecule has 2 N–H and O–H groups in total. The van der Waals surface area contributed by atoms with Crippen LogP contribution >= 0.6 is 0 Å². The Morgan fingerprint density at radius 2 is 1.83 bits per heavy atom. The Morgan fingerprint density at radius 1 is 1.10 bits per heavy atom. The lowest BCUT2D eigenvalue weighted by molar-refractivity contribution is -0.129. The highest BCUT2D eigenvalue weighted by molar-refractivity contribution is 7.92. The highest BCUT2D eigenvalue weighted by Gasteiger charge is 2.27. The summed E-state index contributed by atoms with van der Waals surface area (Å²) in [5.41, 5.74) is 1.83. The molecule has 1 saturated carbocycles. The van der Waals surface area contributed by atoms with E-state index in [2.05, 4.69) is 10.0 Å². The van der Waals surface area contributed by atoms with Gasteiger partial charge in [-0.2, -0.15) is 0 Å². The van der Waals surface area contributed by atoms with E-state index in [9.17, 15) is 18.0 Å². The quantitative estimate of drug-likeness (QED) is 0.676. The fourth-order valence-corrected chi connectivity index (χ4v) is 4.13. The SMILES string of the molecule is Cc1ccc(C)c(S(=O)(=O)Nc2cccc(C(=O)O[C@@H](C)C(=O)NC3CC3)c2)c1. The molecule has 154 valence electrons. The molecule has 0 aliphatic heterocycles. The fourth-order valence-electron chi connectivity index (χ4n) is 2.74. The minimum atomic E-state index is -3.82. The van der Waals surface area contributed by atoms with Gasteiger partial charge in [0, 0.05) is 11.7 Å². The highest BCUT2D eigenvalue weighted by Crippen LogP contribution is 2.22. The summed E-state index contributed by atoms with van der Waals surface area (Å²) in [6.07, 6.45) is 0.947. The summed E-state index contributed by atoms with van der Waals surface area (Å²) in [5, 5.41) is 2.77. The first-order valence-electron chi connectivity index (χ1n) is 9.37. The zero-order valence-electron chi connectivity index (χ0n) is 16.6. The zero-order chi connectivity index (χ0) is 21.2. The third-order valence-corrected chi connectivity index (χ3v) is 6.08. The van der Waals surface area contributed by atoms with Gasteiger partial charge in [-0.1, -0.05) is 18.2 Å². The number of anilines is 1. The van der Waals surface area contributed by atoms with Crippen molar-refractivity contribution in [2.45, 2.75) is 50.7 Å². The number of hydrogen-bond donors (Lipinski definition) is 2. The summed E-state index contributed by atoms with van der Waals surface area (Å²) in [6.45, 7) is 5.04. The van der Waals surface area contributed by atoms with Crippen molar-refractivity contribution >= 4 is 27.6 Å². The Balaban J connectivity index is 1.72. The Bertz CT molecular complexity index is 1040. The number of esters is 1. The van der Waals surface area contributed by atoms with Crippen molar-refractivity contribution in [1.82, 2.24) is 5.32 Å². The highest BCUT2D eigenvalue weighted by atomic mass is 32.2. The summed E-state index contributed by atoms with van der Waals surface area (Å²) >= 11 is 0. The molecule has 1 aliphatic rings. The van der Waals surface area contributed by atoms with Gasteiger partial charge in [-0.3, -0.25) is 9.52 Å². The maximum atomic E-state index is 12.8. The van der Waals surface area contributed by atoms with Gasteiger partial charge < -0.3 is 10.1 Å². The van der Waals surface area contributed by atoms with Crippen molar-refractivity contribution in [3.05, 3.63) is 59.2 Å². The number of hydrogen-bond acceptors (Lipinski definition) is 5. The van der Waals surface area contributed by atoms with Crippen LogP contribution in [0.2, 0.25) is 0 Å². The van der Waals surface area contributed by atoms with Crippen molar-refractivity contribution in [2.24, 2.45) is 0 Å². The molecule has 0 unspecified atom stereocenters. The smallest absolute Gasteiger partial charge is 0.338 e. The van der Waals surface area contributed by atoms with Crippen LogP contribution in [0.1, 0.15) is 41.3 Å². The van der Waals surface area contributed by atoms with Crippen LogP contribution in [0, 0.1) is 13.8 Å². The normalized spacial score (nSPS) is 14.7. The molecule has 8 heteroatoms. The first-order chi connectivity index (χ1) is 13.7. The number of amides is 1. The van der Waals surface area contributed by atoms with Crippen LogP contribution in [0.15, 0.2) is 47.4 Å². The van der Waals surface area contributed by atoms with Crippen molar-refractivity contribution in [1.29, 1.82) is 0 Å². The molecule has 0 heterocycles. The Labute approximate surface area is 170 Å². The van der Waals surface area contributed by atoms with Gasteiger partial charge >= 0.3 is 5.97 Å². The number of nitrogens with one attached hydrogen (secondary N) is 2. The molecule has 1 atom stereocenters. The van der Waals surface area contributed by atoms with Gasteiger partial charge in [0.1, 0.15) is 0 Å². The number of aryl methyl sites for hydroxylation is 2. The molecular weight excluding hydrogens is 392 g/mol. The summed E-state index contributed by atoms with van der Waals surface area (Å²) in [6, 6.07) is 11.3. The van der Waals surface area contributed by atoms with Crippen molar-refractivity contribution in [3.63, 3.8) is 0 Å². The van der Waals surface area contributed by atoms with Crippen LogP contribution < -0.4 is 10.0 Å². The van der Waals surface area contributed by atoms with E-state index < -0.39 is 22.1 Å². The van der Waals surface area contributed by atoms with Crippen molar-refractivity contribution in [3.8, 4) is 0 Å². The molecule has 7 nitrogen and oxygen atoms in total. The molecule has 29 heavy (non-hydrogen) atoms. The summed E-state index contributed by atoms with van der Waals surface area (Å²) in [5.74, 6) is -1.04. The number of sulfonamides is 1. The average molecular weight is 416 g/mol. The van der Waals surface area contributed by atoms with Crippen LogP contribution in [0.5, 0.6) is 0 Å². The average Bonchev–Trinajstić information content (AvgIpc) is 3.47. The molecule has 1 amide bonds. The van der Waals surface area contributed by atoms with Gasteiger partial charge in [0.15, 0.2) is 6.10 Å². The van der Waals surface area contributed by atoms with Crippen LogP contribution in [0.25, 0.3) is 0 Å². The monoisotopic (exact) mass is 416 g/mol. The summed E-state index contributed by atoms with van der Waals surface area (Å²) in [4.78, 5) is 24.5. The van der Waals surface area contributed by atoms with Gasteiger partial charge in [-0.15, -0.1) is 0 Å². The van der Waals surface area contributed by atoms with Gasteiger partial charge in [0.05, 0.1) is 10.5 Å². The number of carbonyl (C=O) groups is 2. The van der Waals surface area contributed by atoms with Crippen LogP contribution in [-0.4, -0.2) is 32.4 Å². The minimum absolute atomic E-state index is 0.150. The maximum Gasteiger partial charge on any atom is 0.338 e. The largest absolute Gasteiger partial charge is 0.449 e. The number of carbonyl (C=O) groups excluding carboxylic acids is 2. The third-order valence-electron chi connectivity index (χ3n) is 4.56. The molecule has 2 aromatic carbocycles. The summed E-state index contributed by atoms with van der Waals surface area (Å²) < 4.78 is 33.2. The Hall–Kier alpha value is -2.87. The van der Waals surface area contributed by atoms with Gasteiger partial charge in [0.25, 0.3) is 15.9 Å². The van der Waals surface area contributed by atoms with E-state index in [0.717, 1.165) is 18.4 Å². The second kappa shape index (κ2) is 8.24. The van der Waals surface area contributed by atoms with E-state index in [1.54, 1.807) is 31.2 Å². The van der Waals surface area contributed by atoms with E-state index in [1.807, 2.05) is 13.0 Å². The summed E-state index contributed by atoms with van der Waals surface area (Å²) in [7, 11) is -3.82. The molecule has 0 radical (unpaired) electrons. The molecule has 3 rings (SSSR count). The van der Waals surface area contributed by atoms with E-state index in [-0.39, 0.29) is 28.1 Å². The Kier molecular flexibility index (Phi) is 5.93. The van der Waals surface area contributed by atoms with Gasteiger partial charge in [-0.05, 0) is 69.0 Å². The molecule has 1 aliphatic carbocycles. The predicted molar refractivity (Wildman–Crippen MR) is 109 cm³/mol. The standard InChI is InChI=1S/C21H24N2O5S/c1-13-7-8-14(2)19(11-13)29(26,27)23-18-6-4-5-16(12-18)21(25)28-15(3)20(24)22-17-9-10-17/h4-8,11-12,15,17,23H,9-10H2,1-3H3,(H,22,24)/t15-/m0/s1. The molecule has 2 aromatic rings. The first kappa shape index (κ1) is 20.9. The van der Waals surface area contributed by atoms with E-state index in [0.29, 0.717) is 5.56 Å². The lowest BCUT2D eigenvalue weighted by Crippen LogP contribution is -2.37. The number of ether oxygens (including phenoxy) is 1. The molecule has 0 spiro atoms. The molecular formula is C21H24N2O5S. The van der Waals surface area contributed by atoms with Crippen molar-refractivity contribution < 1.29 is 22.7 Å².